The number of benzene rings is 1. The zero-order valence-corrected chi connectivity index (χ0v) is 11.3. The van der Waals surface area contributed by atoms with E-state index in [0.29, 0.717) is 11.3 Å². The number of anilines is 2. The van der Waals surface area contributed by atoms with Crippen molar-refractivity contribution in [3.63, 3.8) is 0 Å². The second-order valence-corrected chi connectivity index (χ2v) is 5.54. The third-order valence-electron chi connectivity index (χ3n) is 3.57. The number of nitrogens with two attached hydrogens (primary N) is 1. The van der Waals surface area contributed by atoms with Gasteiger partial charge in [-0.1, -0.05) is 0 Å². The molecule has 1 aromatic rings. The standard InChI is InChI=1S/C14H21N3O/c1-14(7-4-8-14)16-12-9-10(15)5-6-11(12)13(18)17(2)3/h5-6,9,16H,4,7-8,15H2,1-3H3. The monoisotopic (exact) mass is 247 g/mol. The van der Waals surface area contributed by atoms with Gasteiger partial charge in [0.25, 0.3) is 5.91 Å². The molecular formula is C14H21N3O. The lowest BCUT2D eigenvalue weighted by Crippen LogP contribution is -2.42. The van der Waals surface area contributed by atoms with Crippen molar-refractivity contribution < 1.29 is 4.79 Å². The van der Waals surface area contributed by atoms with E-state index >= 15 is 0 Å². The van der Waals surface area contributed by atoms with E-state index in [1.165, 1.54) is 6.42 Å². The molecule has 0 aliphatic heterocycles. The van der Waals surface area contributed by atoms with Crippen LogP contribution in [0.25, 0.3) is 0 Å². The number of rotatable bonds is 3. The Morgan fingerprint density at radius 1 is 1.39 bits per heavy atom. The van der Waals surface area contributed by atoms with Crippen LogP contribution in [0.1, 0.15) is 36.5 Å². The SMILES string of the molecule is CN(C)C(=O)c1ccc(N)cc1NC1(C)CCC1. The first-order chi connectivity index (χ1) is 8.41. The normalized spacial score (nSPS) is 16.8. The minimum atomic E-state index is 0.000392. The van der Waals surface area contributed by atoms with E-state index in [9.17, 15) is 4.79 Å². The van der Waals surface area contributed by atoms with Gasteiger partial charge in [-0.25, -0.2) is 0 Å². The van der Waals surface area contributed by atoms with Crippen LogP contribution in [0.4, 0.5) is 11.4 Å². The predicted octanol–water partition coefficient (Wildman–Crippen LogP) is 2.33. The topological polar surface area (TPSA) is 58.4 Å². The van der Waals surface area contributed by atoms with Gasteiger partial charge >= 0.3 is 0 Å². The molecular weight excluding hydrogens is 226 g/mol. The first kappa shape index (κ1) is 12.7. The number of carbonyl (C=O) groups is 1. The fraction of sp³-hybridized carbons (Fsp3) is 0.500. The number of hydrogen-bond donors (Lipinski definition) is 2. The van der Waals surface area contributed by atoms with Gasteiger partial charge in [-0.3, -0.25) is 4.79 Å². The summed E-state index contributed by atoms with van der Waals surface area (Å²) in [6.45, 7) is 2.18. The number of nitrogens with one attached hydrogen (secondary N) is 1. The Balaban J connectivity index is 2.31. The Kier molecular flexibility index (Phi) is 3.20. The van der Waals surface area contributed by atoms with Gasteiger partial charge in [0, 0.05) is 31.0 Å². The summed E-state index contributed by atoms with van der Waals surface area (Å²) in [5.41, 5.74) is 8.13. The van der Waals surface area contributed by atoms with Crippen LogP contribution in [0.5, 0.6) is 0 Å². The average Bonchev–Trinajstić information content (AvgIpc) is 2.26. The maximum atomic E-state index is 12.1. The van der Waals surface area contributed by atoms with E-state index in [1.807, 2.05) is 6.07 Å². The fourth-order valence-electron chi connectivity index (χ4n) is 2.25. The summed E-state index contributed by atoms with van der Waals surface area (Å²) in [7, 11) is 3.51. The lowest BCUT2D eigenvalue weighted by atomic mass is 9.78. The summed E-state index contributed by atoms with van der Waals surface area (Å²) in [5, 5.41) is 3.47. The molecule has 1 aliphatic carbocycles. The van der Waals surface area contributed by atoms with E-state index < -0.39 is 0 Å². The Bertz CT molecular complexity index is 464. The first-order valence-corrected chi connectivity index (χ1v) is 6.31. The highest BCUT2D eigenvalue weighted by Gasteiger charge is 2.32. The van der Waals surface area contributed by atoms with Crippen LogP contribution in [0.3, 0.4) is 0 Å². The van der Waals surface area contributed by atoms with Crippen LogP contribution in [0.2, 0.25) is 0 Å². The Morgan fingerprint density at radius 2 is 2.06 bits per heavy atom. The number of carbonyl (C=O) groups excluding carboxylic acids is 1. The molecule has 1 fully saturated rings. The molecule has 3 N–H and O–H groups in total. The molecule has 1 saturated carbocycles. The minimum Gasteiger partial charge on any atom is -0.399 e. The first-order valence-electron chi connectivity index (χ1n) is 6.31. The molecule has 0 bridgehead atoms. The lowest BCUT2D eigenvalue weighted by Gasteiger charge is -2.40. The van der Waals surface area contributed by atoms with Gasteiger partial charge in [0.1, 0.15) is 0 Å². The second-order valence-electron chi connectivity index (χ2n) is 5.54. The predicted molar refractivity (Wildman–Crippen MR) is 74.8 cm³/mol. The summed E-state index contributed by atoms with van der Waals surface area (Å²) in [5.74, 6) is 0.000392. The van der Waals surface area contributed by atoms with Crippen LogP contribution in [0, 0.1) is 0 Å². The van der Waals surface area contributed by atoms with Crippen molar-refractivity contribution in [1.82, 2.24) is 4.90 Å². The summed E-state index contributed by atoms with van der Waals surface area (Å²) < 4.78 is 0. The lowest BCUT2D eigenvalue weighted by molar-refractivity contribution is 0.0828. The van der Waals surface area contributed by atoms with Crippen LogP contribution in [0.15, 0.2) is 18.2 Å². The highest BCUT2D eigenvalue weighted by molar-refractivity contribution is 6.00. The minimum absolute atomic E-state index is 0.000392. The second kappa shape index (κ2) is 4.52. The quantitative estimate of drug-likeness (QED) is 0.806. The van der Waals surface area contributed by atoms with E-state index in [4.69, 9.17) is 5.73 Å². The average molecular weight is 247 g/mol. The molecule has 0 unspecified atom stereocenters. The molecule has 0 atom stereocenters. The van der Waals surface area contributed by atoms with Crippen molar-refractivity contribution in [2.45, 2.75) is 31.7 Å². The molecule has 0 radical (unpaired) electrons. The van der Waals surface area contributed by atoms with Crippen molar-refractivity contribution in [2.24, 2.45) is 0 Å². The van der Waals surface area contributed by atoms with Crippen molar-refractivity contribution >= 4 is 17.3 Å². The molecule has 0 heterocycles. The highest BCUT2D eigenvalue weighted by Crippen LogP contribution is 2.36. The fourth-order valence-corrected chi connectivity index (χ4v) is 2.25. The van der Waals surface area contributed by atoms with Gasteiger partial charge in [0.05, 0.1) is 5.56 Å². The zero-order chi connectivity index (χ0) is 13.3. The van der Waals surface area contributed by atoms with Crippen LogP contribution >= 0.6 is 0 Å². The number of nitrogen functional groups attached to an aromatic ring is 1. The van der Waals surface area contributed by atoms with Gasteiger partial charge in [0.15, 0.2) is 0 Å². The van der Waals surface area contributed by atoms with E-state index in [1.54, 1.807) is 31.1 Å². The van der Waals surface area contributed by atoms with Crippen molar-refractivity contribution in [3.8, 4) is 0 Å². The number of hydrogen-bond acceptors (Lipinski definition) is 3. The van der Waals surface area contributed by atoms with Crippen molar-refractivity contribution in [2.75, 3.05) is 25.1 Å². The van der Waals surface area contributed by atoms with E-state index in [-0.39, 0.29) is 11.4 Å². The third kappa shape index (κ3) is 2.42. The van der Waals surface area contributed by atoms with Crippen molar-refractivity contribution in [1.29, 1.82) is 0 Å². The molecule has 98 valence electrons. The molecule has 1 aromatic carbocycles. The highest BCUT2D eigenvalue weighted by atomic mass is 16.2. The van der Waals surface area contributed by atoms with Crippen LogP contribution in [-0.2, 0) is 0 Å². The Morgan fingerprint density at radius 3 is 2.56 bits per heavy atom. The number of nitrogens with zero attached hydrogens (tertiary/aromatic N) is 1. The largest absolute Gasteiger partial charge is 0.399 e. The van der Waals surface area contributed by atoms with Gasteiger partial charge in [0.2, 0.25) is 0 Å². The molecule has 4 nitrogen and oxygen atoms in total. The third-order valence-corrected chi connectivity index (χ3v) is 3.57. The van der Waals surface area contributed by atoms with Gasteiger partial charge < -0.3 is 16.0 Å². The van der Waals surface area contributed by atoms with E-state index in [0.717, 1.165) is 18.5 Å². The van der Waals surface area contributed by atoms with Crippen LogP contribution < -0.4 is 11.1 Å². The molecule has 1 amide bonds. The van der Waals surface area contributed by atoms with Crippen LogP contribution in [-0.4, -0.2) is 30.4 Å². The zero-order valence-electron chi connectivity index (χ0n) is 11.3. The summed E-state index contributed by atoms with van der Waals surface area (Å²) >= 11 is 0. The summed E-state index contributed by atoms with van der Waals surface area (Å²) in [6, 6.07) is 5.41. The summed E-state index contributed by atoms with van der Waals surface area (Å²) in [4.78, 5) is 13.7. The molecule has 0 aromatic heterocycles. The molecule has 0 spiro atoms. The molecule has 4 heteroatoms. The molecule has 18 heavy (non-hydrogen) atoms. The van der Waals surface area contributed by atoms with Gasteiger partial charge in [-0.2, -0.15) is 0 Å². The maximum absolute atomic E-state index is 12.1. The Labute approximate surface area is 108 Å². The summed E-state index contributed by atoms with van der Waals surface area (Å²) in [6.07, 6.45) is 3.51. The molecule has 1 aliphatic rings. The molecule has 2 rings (SSSR count). The maximum Gasteiger partial charge on any atom is 0.255 e. The smallest absolute Gasteiger partial charge is 0.255 e. The van der Waals surface area contributed by atoms with Gasteiger partial charge in [-0.15, -0.1) is 0 Å². The van der Waals surface area contributed by atoms with Crippen molar-refractivity contribution in [3.05, 3.63) is 23.8 Å². The number of amides is 1. The van der Waals surface area contributed by atoms with E-state index in [2.05, 4.69) is 12.2 Å². The Hall–Kier alpha value is -1.71. The van der Waals surface area contributed by atoms with Gasteiger partial charge in [-0.05, 0) is 44.4 Å². The molecule has 0 saturated heterocycles.